The van der Waals surface area contributed by atoms with Gasteiger partial charge in [-0.25, -0.2) is 13.2 Å². The third-order valence-electron chi connectivity index (χ3n) is 4.87. The molecule has 0 spiro atoms. The Morgan fingerprint density at radius 3 is 2.19 bits per heavy atom. The number of carbonyl (C=O) groups excluding carboxylic acids is 1. The molecule has 1 aliphatic heterocycles. The molecule has 9 nitrogen and oxygen atoms in total. The first-order valence-corrected chi connectivity index (χ1v) is 11.6. The molecule has 1 fully saturated rings. The van der Waals surface area contributed by atoms with Crippen molar-refractivity contribution in [3.05, 3.63) is 24.3 Å². The molecule has 0 radical (unpaired) electrons. The van der Waals surface area contributed by atoms with E-state index < -0.39 is 39.8 Å². The van der Waals surface area contributed by atoms with Crippen LogP contribution in [0, 0.1) is 5.92 Å². The van der Waals surface area contributed by atoms with E-state index >= 15 is 0 Å². The molecule has 1 aromatic rings. The molecule has 10 heteroatoms. The minimum absolute atomic E-state index is 0.0337. The molecule has 1 saturated heterocycles. The average Bonchev–Trinajstić information content (AvgIpc) is 2.65. The number of benzene rings is 1. The lowest BCUT2D eigenvalue weighted by Gasteiger charge is -2.44. The van der Waals surface area contributed by atoms with Gasteiger partial charge in [0.2, 0.25) is 10.0 Å². The number of carboxylic acids is 1. The van der Waals surface area contributed by atoms with Gasteiger partial charge in [0, 0.05) is 12.6 Å². The molecule has 0 saturated carbocycles. The number of methoxy groups -OCH3 is 1. The number of sulfonamides is 1. The van der Waals surface area contributed by atoms with E-state index in [9.17, 15) is 23.1 Å². The molecule has 174 valence electrons. The molecule has 1 aromatic carbocycles. The first-order valence-electron chi connectivity index (χ1n) is 10.1. The van der Waals surface area contributed by atoms with E-state index in [0.29, 0.717) is 12.2 Å². The van der Waals surface area contributed by atoms with Gasteiger partial charge in [0.15, 0.2) is 0 Å². The molecule has 0 aliphatic carbocycles. The SMILES string of the molecule is COc1ccc(S(=O)(=O)N2CC(CC(C)C)N(C(=O)OC(C)(C)C)CC2C(=O)O)cc1. The van der Waals surface area contributed by atoms with Crippen molar-refractivity contribution in [2.75, 3.05) is 20.2 Å². The predicted molar refractivity (Wildman–Crippen MR) is 114 cm³/mol. The van der Waals surface area contributed by atoms with E-state index in [1.54, 1.807) is 20.8 Å². The summed E-state index contributed by atoms with van der Waals surface area (Å²) in [5, 5.41) is 9.80. The van der Waals surface area contributed by atoms with E-state index in [-0.39, 0.29) is 23.9 Å². The van der Waals surface area contributed by atoms with E-state index in [1.165, 1.54) is 36.3 Å². The quantitative estimate of drug-likeness (QED) is 0.700. The van der Waals surface area contributed by atoms with Gasteiger partial charge in [-0.1, -0.05) is 13.8 Å². The fourth-order valence-corrected chi connectivity index (χ4v) is 5.11. The fourth-order valence-electron chi connectivity index (χ4n) is 3.50. The molecule has 2 atom stereocenters. The van der Waals surface area contributed by atoms with E-state index in [0.717, 1.165) is 4.31 Å². The van der Waals surface area contributed by atoms with Gasteiger partial charge in [-0.05, 0) is 57.4 Å². The molecule has 1 heterocycles. The lowest BCUT2D eigenvalue weighted by molar-refractivity contribution is -0.144. The maximum atomic E-state index is 13.3. The van der Waals surface area contributed by atoms with Crippen LogP contribution in [0.25, 0.3) is 0 Å². The van der Waals surface area contributed by atoms with Crippen LogP contribution in [-0.2, 0) is 19.6 Å². The topological polar surface area (TPSA) is 113 Å². The number of hydrogen-bond donors (Lipinski definition) is 1. The van der Waals surface area contributed by atoms with Crippen molar-refractivity contribution in [2.45, 2.75) is 63.6 Å². The van der Waals surface area contributed by atoms with Crippen LogP contribution >= 0.6 is 0 Å². The highest BCUT2D eigenvalue weighted by molar-refractivity contribution is 7.89. The number of hydrogen-bond acceptors (Lipinski definition) is 6. The minimum atomic E-state index is -4.12. The maximum Gasteiger partial charge on any atom is 0.410 e. The zero-order valence-electron chi connectivity index (χ0n) is 18.9. The van der Waals surface area contributed by atoms with Crippen LogP contribution in [0.15, 0.2) is 29.2 Å². The van der Waals surface area contributed by atoms with Crippen molar-refractivity contribution in [1.82, 2.24) is 9.21 Å². The maximum absolute atomic E-state index is 13.3. The number of piperazine rings is 1. The molecule has 1 N–H and O–H groups in total. The van der Waals surface area contributed by atoms with Crippen LogP contribution in [0.3, 0.4) is 0 Å². The second-order valence-corrected chi connectivity index (χ2v) is 10.9. The molecular formula is C21H32N2O7S. The van der Waals surface area contributed by atoms with Crippen molar-refractivity contribution < 1.29 is 32.6 Å². The van der Waals surface area contributed by atoms with Crippen LogP contribution in [0.4, 0.5) is 4.79 Å². The van der Waals surface area contributed by atoms with E-state index in [2.05, 4.69) is 0 Å². The molecule has 1 aliphatic rings. The van der Waals surface area contributed by atoms with Gasteiger partial charge in [0.1, 0.15) is 17.4 Å². The Morgan fingerprint density at radius 2 is 1.74 bits per heavy atom. The average molecular weight is 457 g/mol. The van der Waals surface area contributed by atoms with Crippen LogP contribution < -0.4 is 4.74 Å². The van der Waals surface area contributed by atoms with Crippen LogP contribution in [-0.4, -0.2) is 72.7 Å². The number of carboxylic acid groups (broad SMARTS) is 1. The summed E-state index contributed by atoms with van der Waals surface area (Å²) in [6, 6.07) is 3.83. The Hall–Kier alpha value is -2.33. The van der Waals surface area contributed by atoms with Crippen molar-refractivity contribution in [3.8, 4) is 5.75 Å². The largest absolute Gasteiger partial charge is 0.497 e. The highest BCUT2D eigenvalue weighted by Crippen LogP contribution is 2.29. The van der Waals surface area contributed by atoms with Crippen molar-refractivity contribution in [1.29, 1.82) is 0 Å². The highest BCUT2D eigenvalue weighted by Gasteiger charge is 2.46. The Morgan fingerprint density at radius 1 is 1.16 bits per heavy atom. The van der Waals surface area contributed by atoms with Crippen molar-refractivity contribution in [2.24, 2.45) is 5.92 Å². The Bertz CT molecular complexity index is 891. The Labute approximate surface area is 184 Å². The number of aliphatic carboxylic acids is 1. The van der Waals surface area contributed by atoms with Gasteiger partial charge in [-0.3, -0.25) is 4.79 Å². The molecular weight excluding hydrogens is 424 g/mol. The first kappa shape index (κ1) is 24.9. The van der Waals surface area contributed by atoms with E-state index in [1.807, 2.05) is 13.8 Å². The first-order chi connectivity index (χ1) is 14.3. The predicted octanol–water partition coefficient (Wildman–Crippen LogP) is 2.80. The van der Waals surface area contributed by atoms with Crippen LogP contribution in [0.5, 0.6) is 5.75 Å². The molecule has 2 rings (SSSR count). The zero-order valence-corrected chi connectivity index (χ0v) is 19.7. The van der Waals surface area contributed by atoms with E-state index in [4.69, 9.17) is 9.47 Å². The highest BCUT2D eigenvalue weighted by atomic mass is 32.2. The molecule has 0 aromatic heterocycles. The summed E-state index contributed by atoms with van der Waals surface area (Å²) >= 11 is 0. The summed E-state index contributed by atoms with van der Waals surface area (Å²) in [7, 11) is -2.65. The van der Waals surface area contributed by atoms with Crippen molar-refractivity contribution in [3.63, 3.8) is 0 Å². The second kappa shape index (κ2) is 9.44. The lowest BCUT2D eigenvalue weighted by Crippen LogP contribution is -2.64. The smallest absolute Gasteiger partial charge is 0.410 e. The fraction of sp³-hybridized carbons (Fsp3) is 0.619. The van der Waals surface area contributed by atoms with Gasteiger partial charge in [-0.15, -0.1) is 0 Å². The summed E-state index contributed by atoms with van der Waals surface area (Å²) < 4.78 is 38.2. The molecule has 31 heavy (non-hydrogen) atoms. The molecule has 1 amide bonds. The van der Waals surface area contributed by atoms with Gasteiger partial charge in [0.05, 0.1) is 18.6 Å². The zero-order chi connectivity index (χ0) is 23.6. The summed E-state index contributed by atoms with van der Waals surface area (Å²) in [5.41, 5.74) is -0.759. The van der Waals surface area contributed by atoms with Crippen LogP contribution in [0.2, 0.25) is 0 Å². The lowest BCUT2D eigenvalue weighted by atomic mass is 9.99. The van der Waals surface area contributed by atoms with Crippen molar-refractivity contribution >= 4 is 22.1 Å². The van der Waals surface area contributed by atoms with Crippen LogP contribution in [0.1, 0.15) is 41.0 Å². The number of nitrogens with zero attached hydrogens (tertiary/aromatic N) is 2. The third-order valence-corrected chi connectivity index (χ3v) is 6.76. The Balaban J connectivity index is 2.43. The monoisotopic (exact) mass is 456 g/mol. The standard InChI is InChI=1S/C21H32N2O7S/c1-14(2)11-15-12-23(31(27,28)17-9-7-16(29-6)8-10-17)18(19(24)25)13-22(15)20(26)30-21(3,4)5/h7-10,14-15,18H,11-13H2,1-6H3,(H,24,25). The summed E-state index contributed by atoms with van der Waals surface area (Å²) in [5.74, 6) is -0.684. The number of rotatable bonds is 6. The summed E-state index contributed by atoms with van der Waals surface area (Å²) in [6.45, 7) is 8.65. The number of amides is 1. The normalized spacial score (nSPS) is 20.5. The van der Waals surface area contributed by atoms with Gasteiger partial charge >= 0.3 is 12.1 Å². The summed E-state index contributed by atoms with van der Waals surface area (Å²) in [4.78, 5) is 26.1. The van der Waals surface area contributed by atoms with Gasteiger partial charge < -0.3 is 19.5 Å². The summed E-state index contributed by atoms with van der Waals surface area (Å²) in [6.07, 6.45) is -0.147. The second-order valence-electron chi connectivity index (χ2n) is 9.02. The molecule has 0 bridgehead atoms. The minimum Gasteiger partial charge on any atom is -0.497 e. The number of carbonyl (C=O) groups is 2. The van der Waals surface area contributed by atoms with Gasteiger partial charge in [0.25, 0.3) is 0 Å². The van der Waals surface area contributed by atoms with Gasteiger partial charge in [-0.2, -0.15) is 4.31 Å². The third kappa shape index (κ3) is 6.10. The number of ether oxygens (including phenoxy) is 2. The molecule has 2 unspecified atom stereocenters. The Kier molecular flexibility index (Phi) is 7.59.